The van der Waals surface area contributed by atoms with Crippen LogP contribution in [0.1, 0.15) is 42.6 Å². The fraction of sp³-hybridized carbons (Fsp3) is 0.400. The molecular formula is C15H22N4. The van der Waals surface area contributed by atoms with E-state index in [-0.39, 0.29) is 6.04 Å². The third-order valence-corrected chi connectivity index (χ3v) is 3.37. The number of hydrogen-bond donors (Lipinski definition) is 2. The second kappa shape index (κ2) is 5.99. The third-order valence-electron chi connectivity index (χ3n) is 3.37. The summed E-state index contributed by atoms with van der Waals surface area (Å²) in [6.45, 7) is 4.40. The predicted molar refractivity (Wildman–Crippen MR) is 77.5 cm³/mol. The molecule has 1 atom stereocenters. The van der Waals surface area contributed by atoms with Gasteiger partial charge in [0.2, 0.25) is 0 Å². The van der Waals surface area contributed by atoms with Crippen molar-refractivity contribution in [1.29, 1.82) is 0 Å². The molecule has 2 rings (SSSR count). The third kappa shape index (κ3) is 3.43. The second-order valence-electron chi connectivity index (χ2n) is 5.28. The van der Waals surface area contributed by atoms with Gasteiger partial charge in [-0.1, -0.05) is 38.1 Å². The van der Waals surface area contributed by atoms with Crippen LogP contribution in [-0.4, -0.2) is 9.55 Å². The number of hydrazine groups is 1. The molecule has 19 heavy (non-hydrogen) atoms. The molecule has 0 saturated carbocycles. The van der Waals surface area contributed by atoms with Crippen LogP contribution < -0.4 is 11.3 Å². The minimum Gasteiger partial charge on any atom is -0.340 e. The first-order valence-electron chi connectivity index (χ1n) is 6.63. The molecule has 1 unspecified atom stereocenters. The van der Waals surface area contributed by atoms with Crippen molar-refractivity contribution in [3.63, 3.8) is 0 Å². The monoisotopic (exact) mass is 258 g/mol. The molecule has 1 aromatic heterocycles. The Labute approximate surface area is 114 Å². The number of rotatable bonds is 5. The lowest BCUT2D eigenvalue weighted by Gasteiger charge is -2.14. The van der Waals surface area contributed by atoms with E-state index in [1.807, 2.05) is 17.8 Å². The van der Waals surface area contributed by atoms with Gasteiger partial charge < -0.3 is 4.57 Å². The fourth-order valence-electron chi connectivity index (χ4n) is 2.14. The molecule has 4 heteroatoms. The van der Waals surface area contributed by atoms with Crippen molar-refractivity contribution in [2.45, 2.75) is 32.2 Å². The Morgan fingerprint density at radius 1 is 1.26 bits per heavy atom. The van der Waals surface area contributed by atoms with Gasteiger partial charge in [-0.25, -0.2) is 4.98 Å². The van der Waals surface area contributed by atoms with E-state index < -0.39 is 0 Å². The minimum absolute atomic E-state index is 0.0473. The van der Waals surface area contributed by atoms with Gasteiger partial charge in [-0.15, -0.1) is 0 Å². The Kier molecular flexibility index (Phi) is 4.35. The molecule has 0 saturated heterocycles. The first-order chi connectivity index (χ1) is 9.10. The van der Waals surface area contributed by atoms with E-state index in [1.54, 1.807) is 6.33 Å². The van der Waals surface area contributed by atoms with Crippen LogP contribution in [0.2, 0.25) is 0 Å². The number of imidazole rings is 1. The van der Waals surface area contributed by atoms with Gasteiger partial charge in [-0.05, 0) is 23.5 Å². The minimum atomic E-state index is 0.0473. The van der Waals surface area contributed by atoms with Crippen LogP contribution in [0, 0.1) is 0 Å². The average Bonchev–Trinajstić information content (AvgIpc) is 2.83. The molecule has 3 N–H and O–H groups in total. The highest BCUT2D eigenvalue weighted by Gasteiger charge is 2.13. The highest BCUT2D eigenvalue weighted by molar-refractivity contribution is 5.26. The Morgan fingerprint density at radius 3 is 2.42 bits per heavy atom. The van der Waals surface area contributed by atoms with Crippen molar-refractivity contribution in [3.8, 4) is 0 Å². The lowest BCUT2D eigenvalue weighted by atomic mass is 9.98. The van der Waals surface area contributed by atoms with Gasteiger partial charge >= 0.3 is 0 Å². The predicted octanol–water partition coefficient (Wildman–Crippen LogP) is 2.29. The molecular weight excluding hydrogens is 236 g/mol. The maximum atomic E-state index is 5.64. The Bertz CT molecular complexity index is 513. The number of hydrogen-bond acceptors (Lipinski definition) is 3. The number of aryl methyl sites for hydroxylation is 1. The summed E-state index contributed by atoms with van der Waals surface area (Å²) in [6, 6.07) is 8.76. The van der Waals surface area contributed by atoms with Gasteiger partial charge in [0.1, 0.15) is 0 Å². The molecule has 0 aliphatic rings. The van der Waals surface area contributed by atoms with Crippen molar-refractivity contribution < 1.29 is 0 Å². The fourth-order valence-corrected chi connectivity index (χ4v) is 2.14. The van der Waals surface area contributed by atoms with Crippen LogP contribution in [0.4, 0.5) is 0 Å². The molecule has 0 amide bonds. The Morgan fingerprint density at radius 2 is 1.95 bits per heavy atom. The number of nitrogens with two attached hydrogens (primary N) is 1. The lowest BCUT2D eigenvalue weighted by Crippen LogP contribution is -2.29. The topological polar surface area (TPSA) is 55.9 Å². The Balaban J connectivity index is 2.10. The number of aromatic nitrogens is 2. The summed E-state index contributed by atoms with van der Waals surface area (Å²) in [4.78, 5) is 4.35. The zero-order chi connectivity index (χ0) is 13.8. The van der Waals surface area contributed by atoms with Crippen LogP contribution in [0.3, 0.4) is 0 Å². The van der Waals surface area contributed by atoms with Crippen molar-refractivity contribution in [2.75, 3.05) is 0 Å². The zero-order valence-electron chi connectivity index (χ0n) is 11.8. The van der Waals surface area contributed by atoms with Crippen molar-refractivity contribution in [3.05, 3.63) is 53.6 Å². The van der Waals surface area contributed by atoms with E-state index in [0.717, 1.165) is 12.1 Å². The standard InChI is InChI=1S/C15H22N4/c1-11(2)13-6-4-12(5-7-13)8-14(18-16)15-9-19(3)10-17-15/h4-7,9-11,14,18H,8,16H2,1-3H3. The van der Waals surface area contributed by atoms with Gasteiger partial charge in [0.05, 0.1) is 18.1 Å². The zero-order valence-corrected chi connectivity index (χ0v) is 11.8. The summed E-state index contributed by atoms with van der Waals surface area (Å²) < 4.78 is 1.93. The summed E-state index contributed by atoms with van der Waals surface area (Å²) in [5.41, 5.74) is 6.43. The van der Waals surface area contributed by atoms with E-state index in [0.29, 0.717) is 5.92 Å². The largest absolute Gasteiger partial charge is 0.340 e. The summed E-state index contributed by atoms with van der Waals surface area (Å²) in [5.74, 6) is 6.20. The maximum absolute atomic E-state index is 5.64. The van der Waals surface area contributed by atoms with Crippen LogP contribution in [-0.2, 0) is 13.5 Å². The first-order valence-corrected chi connectivity index (χ1v) is 6.63. The molecule has 102 valence electrons. The summed E-state index contributed by atoms with van der Waals surface area (Å²) in [6.07, 6.45) is 4.63. The van der Waals surface area contributed by atoms with Crippen LogP contribution in [0.25, 0.3) is 0 Å². The van der Waals surface area contributed by atoms with E-state index in [9.17, 15) is 0 Å². The van der Waals surface area contributed by atoms with E-state index in [2.05, 4.69) is 48.5 Å². The molecule has 4 nitrogen and oxygen atoms in total. The molecule has 0 aliphatic carbocycles. The molecule has 2 aromatic rings. The lowest BCUT2D eigenvalue weighted by molar-refractivity contribution is 0.540. The highest BCUT2D eigenvalue weighted by Crippen LogP contribution is 2.19. The number of benzene rings is 1. The van der Waals surface area contributed by atoms with E-state index in [1.165, 1.54) is 11.1 Å². The molecule has 0 bridgehead atoms. The maximum Gasteiger partial charge on any atom is 0.0947 e. The normalized spacial score (nSPS) is 12.9. The van der Waals surface area contributed by atoms with Gasteiger partial charge in [0, 0.05) is 13.2 Å². The molecule has 0 radical (unpaired) electrons. The number of nitrogens with zero attached hydrogens (tertiary/aromatic N) is 2. The highest BCUT2D eigenvalue weighted by atomic mass is 15.2. The number of nitrogens with one attached hydrogen (secondary N) is 1. The van der Waals surface area contributed by atoms with E-state index >= 15 is 0 Å². The van der Waals surface area contributed by atoms with Gasteiger partial charge in [0.15, 0.2) is 0 Å². The van der Waals surface area contributed by atoms with Crippen molar-refractivity contribution in [1.82, 2.24) is 15.0 Å². The van der Waals surface area contributed by atoms with Crippen LogP contribution in [0.5, 0.6) is 0 Å². The van der Waals surface area contributed by atoms with Crippen LogP contribution >= 0.6 is 0 Å². The van der Waals surface area contributed by atoms with Crippen molar-refractivity contribution in [2.24, 2.45) is 12.9 Å². The second-order valence-corrected chi connectivity index (χ2v) is 5.28. The van der Waals surface area contributed by atoms with Crippen molar-refractivity contribution >= 4 is 0 Å². The van der Waals surface area contributed by atoms with E-state index in [4.69, 9.17) is 5.84 Å². The van der Waals surface area contributed by atoms with Gasteiger partial charge in [0.25, 0.3) is 0 Å². The Hall–Kier alpha value is -1.65. The molecule has 0 spiro atoms. The molecule has 1 heterocycles. The van der Waals surface area contributed by atoms with Crippen LogP contribution in [0.15, 0.2) is 36.8 Å². The summed E-state index contributed by atoms with van der Waals surface area (Å²) in [7, 11) is 1.96. The van der Waals surface area contributed by atoms with Gasteiger partial charge in [-0.3, -0.25) is 11.3 Å². The SMILES string of the molecule is CC(C)c1ccc(CC(NN)c2cn(C)cn2)cc1. The average molecular weight is 258 g/mol. The molecule has 0 aliphatic heterocycles. The first kappa shape index (κ1) is 13.8. The molecule has 1 aromatic carbocycles. The molecule has 0 fully saturated rings. The smallest absolute Gasteiger partial charge is 0.0947 e. The summed E-state index contributed by atoms with van der Waals surface area (Å²) >= 11 is 0. The summed E-state index contributed by atoms with van der Waals surface area (Å²) in [5, 5.41) is 0. The van der Waals surface area contributed by atoms with Gasteiger partial charge in [-0.2, -0.15) is 0 Å². The quantitative estimate of drug-likeness (QED) is 0.639.